The fourth-order valence-electron chi connectivity index (χ4n) is 5.56. The number of esters is 2. The molecule has 11 heteroatoms. The molecule has 0 radical (unpaired) electrons. The molecule has 0 bridgehead atoms. The monoisotopic (exact) mass is 641 g/mol. The predicted molar refractivity (Wildman–Crippen MR) is 176 cm³/mol. The van der Waals surface area contributed by atoms with Crippen LogP contribution in [0.25, 0.3) is 22.0 Å². The summed E-state index contributed by atoms with van der Waals surface area (Å²) in [6.07, 6.45) is 4.67. The lowest BCUT2D eigenvalue weighted by Gasteiger charge is -2.24. The van der Waals surface area contributed by atoms with E-state index in [1.165, 1.54) is 6.20 Å². The number of nitrogens with zero attached hydrogens (tertiary/aromatic N) is 2. The summed E-state index contributed by atoms with van der Waals surface area (Å²) in [6.45, 7) is 11.4. The zero-order valence-electron chi connectivity index (χ0n) is 27.3. The highest BCUT2D eigenvalue weighted by atomic mass is 16.6. The Hall–Kier alpha value is -4.90. The molecule has 0 saturated carbocycles. The van der Waals surface area contributed by atoms with Crippen LogP contribution in [0.1, 0.15) is 66.9 Å². The van der Waals surface area contributed by atoms with Gasteiger partial charge in [-0.2, -0.15) is 0 Å². The van der Waals surface area contributed by atoms with Crippen LogP contribution in [0.5, 0.6) is 17.2 Å². The molecule has 0 unspecified atom stereocenters. The molecule has 246 valence electrons. The van der Waals surface area contributed by atoms with Crippen molar-refractivity contribution in [2.45, 2.75) is 59.2 Å². The van der Waals surface area contributed by atoms with Gasteiger partial charge in [0.2, 0.25) is 0 Å². The van der Waals surface area contributed by atoms with E-state index in [2.05, 4.69) is 15.3 Å². The number of benzene rings is 2. The lowest BCUT2D eigenvalue weighted by molar-refractivity contribution is 0.00663. The molecule has 0 spiro atoms. The van der Waals surface area contributed by atoms with Crippen molar-refractivity contribution in [2.75, 3.05) is 38.4 Å². The molecule has 6 rings (SSSR count). The van der Waals surface area contributed by atoms with Crippen molar-refractivity contribution < 1.29 is 38.0 Å². The first kappa shape index (κ1) is 32.1. The van der Waals surface area contributed by atoms with Gasteiger partial charge in [-0.3, -0.25) is 9.97 Å². The first-order chi connectivity index (χ1) is 22.6. The van der Waals surface area contributed by atoms with Crippen LogP contribution in [0, 0.1) is 6.92 Å². The number of rotatable bonds is 8. The quantitative estimate of drug-likeness (QED) is 0.204. The second kappa shape index (κ2) is 13.4. The van der Waals surface area contributed by atoms with Crippen molar-refractivity contribution in [3.8, 4) is 28.4 Å². The van der Waals surface area contributed by atoms with Crippen LogP contribution in [-0.4, -0.2) is 66.6 Å². The smallest absolute Gasteiger partial charge is 0.341 e. The maximum Gasteiger partial charge on any atom is 0.341 e. The molecule has 4 heterocycles. The van der Waals surface area contributed by atoms with Crippen molar-refractivity contribution >= 4 is 34.2 Å². The Balaban J connectivity index is 1.43. The van der Waals surface area contributed by atoms with Gasteiger partial charge in [0.1, 0.15) is 36.2 Å². The van der Waals surface area contributed by atoms with E-state index in [-0.39, 0.29) is 18.3 Å². The van der Waals surface area contributed by atoms with Crippen molar-refractivity contribution in [1.82, 2.24) is 9.97 Å². The number of aromatic nitrogens is 2. The minimum atomic E-state index is -0.693. The van der Waals surface area contributed by atoms with Gasteiger partial charge < -0.3 is 33.7 Å². The minimum absolute atomic E-state index is 0.0582. The van der Waals surface area contributed by atoms with Crippen molar-refractivity contribution in [2.24, 2.45) is 0 Å². The minimum Gasteiger partial charge on any atom is -0.490 e. The maximum absolute atomic E-state index is 13.2. The number of ether oxygens (including phenoxy) is 6. The molecule has 1 fully saturated rings. The molecule has 11 nitrogen and oxygen atoms in total. The number of carbonyl (C=O) groups is 2. The van der Waals surface area contributed by atoms with Gasteiger partial charge in [-0.1, -0.05) is 12.1 Å². The summed E-state index contributed by atoms with van der Waals surface area (Å²) in [5, 5.41) is 4.06. The van der Waals surface area contributed by atoms with Crippen molar-refractivity contribution in [3.63, 3.8) is 0 Å². The third kappa shape index (κ3) is 7.25. The first-order valence-corrected chi connectivity index (χ1v) is 15.8. The van der Waals surface area contributed by atoms with Gasteiger partial charge in [0.25, 0.3) is 0 Å². The van der Waals surface area contributed by atoms with Crippen LogP contribution in [0.15, 0.2) is 48.8 Å². The normalized spacial score (nSPS) is 14.8. The van der Waals surface area contributed by atoms with Gasteiger partial charge in [0.05, 0.1) is 42.3 Å². The number of hydrogen-bond acceptors (Lipinski definition) is 11. The van der Waals surface area contributed by atoms with Gasteiger partial charge in [-0.25, -0.2) is 9.59 Å². The molecule has 2 aliphatic rings. The van der Waals surface area contributed by atoms with E-state index >= 15 is 0 Å². The van der Waals surface area contributed by atoms with Crippen molar-refractivity contribution in [3.05, 3.63) is 65.6 Å². The largest absolute Gasteiger partial charge is 0.490 e. The Kier molecular flexibility index (Phi) is 9.17. The number of pyridine rings is 2. The van der Waals surface area contributed by atoms with E-state index in [0.29, 0.717) is 71.5 Å². The Morgan fingerprint density at radius 3 is 2.45 bits per heavy atom. The number of aryl methyl sites for hydroxylation is 1. The maximum atomic E-state index is 13.2. The predicted octanol–water partition coefficient (Wildman–Crippen LogP) is 6.81. The van der Waals surface area contributed by atoms with E-state index in [1.807, 2.05) is 45.9 Å². The second-order valence-corrected chi connectivity index (χ2v) is 12.4. The van der Waals surface area contributed by atoms with Crippen LogP contribution < -0.4 is 19.5 Å². The molecule has 1 saturated heterocycles. The molecular weight excluding hydrogens is 602 g/mol. The van der Waals surface area contributed by atoms with Crippen LogP contribution in [-0.2, 0) is 14.2 Å². The molecule has 0 amide bonds. The zero-order chi connectivity index (χ0) is 33.1. The van der Waals surface area contributed by atoms with Crippen LogP contribution in [0.4, 0.5) is 11.4 Å². The fraction of sp³-hybridized carbons (Fsp3) is 0.389. The van der Waals surface area contributed by atoms with Gasteiger partial charge in [0, 0.05) is 47.9 Å². The van der Waals surface area contributed by atoms with Gasteiger partial charge >= 0.3 is 11.9 Å². The lowest BCUT2D eigenvalue weighted by atomic mass is 10.0. The summed E-state index contributed by atoms with van der Waals surface area (Å²) in [5.41, 5.74) is 3.83. The summed E-state index contributed by atoms with van der Waals surface area (Å²) in [7, 11) is 0. The summed E-state index contributed by atoms with van der Waals surface area (Å²) in [4.78, 5) is 35.6. The molecule has 1 N–H and O–H groups in total. The van der Waals surface area contributed by atoms with Gasteiger partial charge in [-0.15, -0.1) is 0 Å². The Bertz CT molecular complexity index is 1810. The molecular formula is C36H39N3O8. The van der Waals surface area contributed by atoms with Crippen molar-refractivity contribution in [1.29, 1.82) is 0 Å². The average molecular weight is 642 g/mol. The van der Waals surface area contributed by atoms with E-state index in [0.717, 1.165) is 29.7 Å². The highest BCUT2D eigenvalue weighted by molar-refractivity contribution is 6.07. The molecule has 2 aliphatic heterocycles. The number of nitrogens with one attached hydrogen (secondary N) is 1. The fourth-order valence-corrected chi connectivity index (χ4v) is 5.56. The average Bonchev–Trinajstić information content (AvgIpc) is 3.04. The lowest BCUT2D eigenvalue weighted by Crippen LogP contribution is -2.26. The zero-order valence-corrected chi connectivity index (χ0v) is 27.3. The summed E-state index contributed by atoms with van der Waals surface area (Å²) in [5.74, 6) is 0.748. The van der Waals surface area contributed by atoms with E-state index in [9.17, 15) is 9.59 Å². The highest BCUT2D eigenvalue weighted by Crippen LogP contribution is 2.42. The third-order valence-electron chi connectivity index (χ3n) is 7.70. The van der Waals surface area contributed by atoms with Gasteiger partial charge in [-0.05, 0) is 58.4 Å². The summed E-state index contributed by atoms with van der Waals surface area (Å²) >= 11 is 0. The molecule has 0 aliphatic carbocycles. The molecule has 4 aromatic rings. The second-order valence-electron chi connectivity index (χ2n) is 12.4. The van der Waals surface area contributed by atoms with Gasteiger partial charge in [0.15, 0.2) is 11.5 Å². The number of hydrogen-bond donors (Lipinski definition) is 1. The SMILES string of the molecule is CCOC(=O)c1cnc2cc(-c3cnc(C)c4c3OCCO4)ccc2c1Nc1cc(OC2CCOCC2)cc(C(=O)OC(C)(C)C)c1. The van der Waals surface area contributed by atoms with E-state index in [1.54, 1.807) is 31.3 Å². The van der Waals surface area contributed by atoms with Crippen LogP contribution >= 0.6 is 0 Å². The Labute approximate surface area is 273 Å². The van der Waals surface area contributed by atoms with E-state index in [4.69, 9.17) is 28.4 Å². The standard InChI is InChI=1S/C36H39N3O8/c1-6-43-35(41)29-20-38-30-17-22(28-19-37-21(2)32-33(28)45-14-13-44-32)7-8-27(30)31(29)39-24-15-23(34(40)47-36(3,4)5)16-26(18-24)46-25-9-11-42-12-10-25/h7-8,15-20,25H,6,9-14H2,1-5H3,(H,38,39). The number of fused-ring (bicyclic) bond motifs is 2. The number of anilines is 2. The topological polar surface area (TPSA) is 127 Å². The molecule has 47 heavy (non-hydrogen) atoms. The third-order valence-corrected chi connectivity index (χ3v) is 7.70. The Morgan fingerprint density at radius 1 is 0.936 bits per heavy atom. The highest BCUT2D eigenvalue weighted by Gasteiger charge is 2.24. The van der Waals surface area contributed by atoms with Crippen LogP contribution in [0.2, 0.25) is 0 Å². The van der Waals surface area contributed by atoms with Crippen LogP contribution in [0.3, 0.4) is 0 Å². The first-order valence-electron chi connectivity index (χ1n) is 15.8. The summed E-state index contributed by atoms with van der Waals surface area (Å²) in [6, 6.07) is 10.9. The Morgan fingerprint density at radius 2 is 1.70 bits per heavy atom. The number of carbonyl (C=O) groups excluding carboxylic acids is 2. The molecule has 2 aromatic carbocycles. The summed E-state index contributed by atoms with van der Waals surface area (Å²) < 4.78 is 34.7. The van der Waals surface area contributed by atoms with E-state index < -0.39 is 17.5 Å². The molecule has 2 aromatic heterocycles. The molecule has 0 atom stereocenters.